The first kappa shape index (κ1) is 16.4. The molecule has 134 valence electrons. The van der Waals surface area contributed by atoms with E-state index in [-0.39, 0.29) is 17.3 Å². The van der Waals surface area contributed by atoms with Crippen LogP contribution < -0.4 is 27.2 Å². The van der Waals surface area contributed by atoms with Gasteiger partial charge in [0.1, 0.15) is 11.7 Å². The first-order valence-corrected chi connectivity index (χ1v) is 8.88. The molecule has 1 aromatic rings. The van der Waals surface area contributed by atoms with Gasteiger partial charge in [0.05, 0.1) is 11.1 Å². The molecule has 2 fully saturated rings. The highest BCUT2D eigenvalue weighted by Crippen LogP contribution is 2.52. The van der Waals surface area contributed by atoms with E-state index in [1.54, 1.807) is 25.4 Å². The number of hydrogen-bond acceptors (Lipinski definition) is 5. The van der Waals surface area contributed by atoms with Crippen LogP contribution in [-0.2, 0) is 5.41 Å². The zero-order chi connectivity index (χ0) is 17.6. The molecule has 1 spiro atoms. The lowest BCUT2D eigenvalue weighted by atomic mass is 9.65. The van der Waals surface area contributed by atoms with Gasteiger partial charge in [-0.3, -0.25) is 10.0 Å². The van der Waals surface area contributed by atoms with Crippen LogP contribution in [0.5, 0.6) is 0 Å². The second-order valence-corrected chi connectivity index (χ2v) is 7.17. The zero-order valence-electron chi connectivity index (χ0n) is 14.5. The fraction of sp³-hybridized carbons (Fsp3) is 0.500. The number of aliphatic imine (C=N–C) groups is 1. The Morgan fingerprint density at radius 1 is 1.40 bits per heavy atom. The fourth-order valence-electron chi connectivity index (χ4n) is 4.23. The molecule has 6 N–H and O–H groups in total. The number of halogens is 1. The average molecular weight is 344 g/mol. The minimum absolute atomic E-state index is 0.110. The number of fused-ring (bicyclic) bond motifs is 2. The van der Waals surface area contributed by atoms with E-state index >= 15 is 0 Å². The Bertz CT molecular complexity index is 746. The van der Waals surface area contributed by atoms with Crippen LogP contribution >= 0.6 is 0 Å². The van der Waals surface area contributed by atoms with Crippen LogP contribution in [0.25, 0.3) is 0 Å². The topological polar surface area (TPSA) is 91.7 Å². The van der Waals surface area contributed by atoms with Gasteiger partial charge in [0.15, 0.2) is 0 Å². The standard InChI is InChI=1S/C18H25FN6/c1-22-17-18(5-3-6-18)11-8-12(19)16(9-15(11)24-17)25(21)10-13(20)14-4-2-7-23-14/h8-10,14,23H,2-7,20-21H2,1H3,(H,22,24)/b13-10-. The number of rotatable bonds is 3. The number of nitrogens with two attached hydrogens (primary N) is 2. The van der Waals surface area contributed by atoms with Crippen LogP contribution in [0.3, 0.4) is 0 Å². The lowest BCUT2D eigenvalue weighted by Crippen LogP contribution is -2.41. The van der Waals surface area contributed by atoms with Crippen LogP contribution in [-0.4, -0.2) is 25.5 Å². The van der Waals surface area contributed by atoms with E-state index in [2.05, 4.69) is 15.6 Å². The number of hydrogen-bond donors (Lipinski definition) is 4. The summed E-state index contributed by atoms with van der Waals surface area (Å²) in [4.78, 5) is 4.38. The van der Waals surface area contributed by atoms with E-state index in [4.69, 9.17) is 11.6 Å². The molecule has 0 bridgehead atoms. The third-order valence-corrected chi connectivity index (χ3v) is 5.77. The van der Waals surface area contributed by atoms with Gasteiger partial charge in [0.25, 0.3) is 0 Å². The first-order chi connectivity index (χ1) is 12.0. The van der Waals surface area contributed by atoms with Crippen molar-refractivity contribution in [2.45, 2.75) is 43.6 Å². The Balaban J connectivity index is 1.65. The zero-order valence-corrected chi connectivity index (χ0v) is 14.5. The van der Waals surface area contributed by atoms with Gasteiger partial charge in [-0.2, -0.15) is 0 Å². The summed E-state index contributed by atoms with van der Waals surface area (Å²) in [6.07, 6.45) is 6.82. The van der Waals surface area contributed by atoms with Crippen molar-refractivity contribution in [2.75, 3.05) is 23.9 Å². The number of amidine groups is 1. The van der Waals surface area contributed by atoms with Gasteiger partial charge in [0.2, 0.25) is 0 Å². The van der Waals surface area contributed by atoms with Crippen LogP contribution in [0.15, 0.2) is 29.0 Å². The van der Waals surface area contributed by atoms with E-state index in [1.165, 1.54) is 5.01 Å². The van der Waals surface area contributed by atoms with Crippen molar-refractivity contribution < 1.29 is 4.39 Å². The molecule has 0 amide bonds. The predicted octanol–water partition coefficient (Wildman–Crippen LogP) is 1.93. The van der Waals surface area contributed by atoms with Crippen molar-refractivity contribution in [2.24, 2.45) is 16.6 Å². The first-order valence-electron chi connectivity index (χ1n) is 8.88. The molecule has 25 heavy (non-hydrogen) atoms. The third kappa shape index (κ3) is 2.49. The van der Waals surface area contributed by atoms with Crippen molar-refractivity contribution in [3.63, 3.8) is 0 Å². The smallest absolute Gasteiger partial charge is 0.148 e. The van der Waals surface area contributed by atoms with Crippen LogP contribution in [0.4, 0.5) is 15.8 Å². The average Bonchev–Trinajstić information content (AvgIpc) is 3.18. The molecule has 0 aromatic heterocycles. The highest BCUT2D eigenvalue weighted by Gasteiger charge is 2.49. The molecule has 0 radical (unpaired) electrons. The summed E-state index contributed by atoms with van der Waals surface area (Å²) in [5.74, 6) is 6.68. The number of nitrogens with zero attached hydrogens (tertiary/aromatic N) is 2. The summed E-state index contributed by atoms with van der Waals surface area (Å²) in [5, 5.41) is 7.94. The van der Waals surface area contributed by atoms with Crippen LogP contribution in [0.2, 0.25) is 0 Å². The molecule has 1 aromatic carbocycles. The highest BCUT2D eigenvalue weighted by molar-refractivity contribution is 6.10. The van der Waals surface area contributed by atoms with Gasteiger partial charge in [-0.15, -0.1) is 0 Å². The van der Waals surface area contributed by atoms with Crippen molar-refractivity contribution in [3.05, 3.63) is 35.4 Å². The molecule has 4 rings (SSSR count). The maximum absolute atomic E-state index is 14.8. The normalized spacial score (nSPS) is 25.8. The number of benzene rings is 1. The minimum Gasteiger partial charge on any atom is -0.400 e. The SMILES string of the molecule is CN=C1Nc2cc(N(N)/C=C(\N)C3CCCN3)c(F)cc2C12CCC2. The van der Waals surface area contributed by atoms with Crippen molar-refractivity contribution in [1.29, 1.82) is 0 Å². The van der Waals surface area contributed by atoms with Gasteiger partial charge in [-0.05, 0) is 49.9 Å². The summed E-state index contributed by atoms with van der Waals surface area (Å²) in [6, 6.07) is 3.47. The Labute approximate surface area is 147 Å². The van der Waals surface area contributed by atoms with E-state index < -0.39 is 0 Å². The van der Waals surface area contributed by atoms with Crippen LogP contribution in [0, 0.1) is 5.82 Å². The molecular weight excluding hydrogens is 319 g/mol. The summed E-state index contributed by atoms with van der Waals surface area (Å²) < 4.78 is 14.8. The second kappa shape index (κ2) is 6.00. The molecule has 2 heterocycles. The Hall–Kier alpha value is -2.12. The van der Waals surface area contributed by atoms with Gasteiger partial charge >= 0.3 is 0 Å². The summed E-state index contributed by atoms with van der Waals surface area (Å²) >= 11 is 0. The largest absolute Gasteiger partial charge is 0.400 e. The Morgan fingerprint density at radius 2 is 2.20 bits per heavy atom. The minimum atomic E-state index is -0.338. The van der Waals surface area contributed by atoms with Gasteiger partial charge < -0.3 is 16.4 Å². The van der Waals surface area contributed by atoms with E-state index in [0.717, 1.165) is 55.7 Å². The molecule has 3 aliphatic rings. The second-order valence-electron chi connectivity index (χ2n) is 7.17. The molecule has 6 nitrogen and oxygen atoms in total. The molecule has 7 heteroatoms. The lowest BCUT2D eigenvalue weighted by molar-refractivity contribution is 0.346. The summed E-state index contributed by atoms with van der Waals surface area (Å²) in [6.45, 7) is 0.947. The maximum Gasteiger partial charge on any atom is 0.148 e. The van der Waals surface area contributed by atoms with Crippen molar-refractivity contribution >= 4 is 17.2 Å². The van der Waals surface area contributed by atoms with E-state index in [1.807, 2.05) is 0 Å². The van der Waals surface area contributed by atoms with Crippen molar-refractivity contribution in [3.8, 4) is 0 Å². The van der Waals surface area contributed by atoms with Crippen molar-refractivity contribution in [1.82, 2.24) is 5.32 Å². The molecule has 2 aliphatic heterocycles. The van der Waals surface area contributed by atoms with Gasteiger partial charge in [-0.1, -0.05) is 6.42 Å². The third-order valence-electron chi connectivity index (χ3n) is 5.77. The fourth-order valence-corrected chi connectivity index (χ4v) is 4.23. The summed E-state index contributed by atoms with van der Waals surface area (Å²) in [7, 11) is 1.78. The molecule has 1 atom stereocenters. The summed E-state index contributed by atoms with van der Waals surface area (Å²) in [5.41, 5.74) is 8.79. The van der Waals surface area contributed by atoms with Gasteiger partial charge in [0, 0.05) is 30.7 Å². The van der Waals surface area contributed by atoms with E-state index in [9.17, 15) is 4.39 Å². The predicted molar refractivity (Wildman–Crippen MR) is 98.9 cm³/mol. The molecule has 1 unspecified atom stereocenters. The van der Waals surface area contributed by atoms with Crippen LogP contribution in [0.1, 0.15) is 37.7 Å². The number of hydrazine groups is 1. The molecular formula is C18H25FN6. The number of anilines is 2. The lowest BCUT2D eigenvalue weighted by Gasteiger charge is -2.38. The highest BCUT2D eigenvalue weighted by atomic mass is 19.1. The Kier molecular flexibility index (Phi) is 3.92. The number of nitrogens with one attached hydrogen (secondary N) is 2. The Morgan fingerprint density at radius 3 is 2.80 bits per heavy atom. The van der Waals surface area contributed by atoms with Gasteiger partial charge in [-0.25, -0.2) is 10.2 Å². The molecule has 1 aliphatic carbocycles. The molecule has 1 saturated heterocycles. The monoisotopic (exact) mass is 344 g/mol. The quantitative estimate of drug-likeness (QED) is 0.497. The maximum atomic E-state index is 14.8. The van der Waals surface area contributed by atoms with E-state index in [0.29, 0.717) is 11.4 Å². The molecule has 1 saturated carbocycles.